The second-order valence-electron chi connectivity index (χ2n) is 9.44. The molecule has 8 amide bonds. The lowest BCUT2D eigenvalue weighted by molar-refractivity contribution is -0.161. The predicted molar refractivity (Wildman–Crippen MR) is 127 cm³/mol. The largest absolute Gasteiger partial charge is 0.392 e. The first-order chi connectivity index (χ1) is 16.8. The van der Waals surface area contributed by atoms with E-state index in [0.29, 0.717) is 0 Å². The Morgan fingerprint density at radius 2 is 0.889 bits per heavy atom. The maximum atomic E-state index is 13.3. The number of aliphatic hydroxyl groups excluding tert-OH is 2. The van der Waals surface area contributed by atoms with Crippen molar-refractivity contribution < 1.29 is 39.0 Å². The van der Waals surface area contributed by atoms with Gasteiger partial charge < -0.3 is 10.2 Å². The lowest BCUT2D eigenvalue weighted by Crippen LogP contribution is -2.68. The fourth-order valence-electron chi connectivity index (χ4n) is 5.07. The molecule has 2 heterocycles. The Morgan fingerprint density at radius 3 is 1.19 bits per heavy atom. The number of carbonyl (C=O) groups is 6. The topological polar surface area (TPSA) is 156 Å². The minimum absolute atomic E-state index is 0.0360. The summed E-state index contributed by atoms with van der Waals surface area (Å²) < 4.78 is 0. The molecule has 2 saturated heterocycles. The summed E-state index contributed by atoms with van der Waals surface area (Å²) in [7, 11) is 0. The maximum absolute atomic E-state index is 13.3. The molecule has 0 aromatic carbocycles. The van der Waals surface area contributed by atoms with Crippen LogP contribution in [0.3, 0.4) is 0 Å². The molecular weight excluding hydrogens is 472 g/mol. The number of urea groups is 2. The number of hydrogen-bond donors (Lipinski definition) is 2. The highest BCUT2D eigenvalue weighted by molar-refractivity contribution is 6.20. The van der Waals surface area contributed by atoms with E-state index < -0.39 is 71.8 Å². The van der Waals surface area contributed by atoms with Crippen molar-refractivity contribution >= 4 is 35.7 Å². The van der Waals surface area contributed by atoms with Crippen LogP contribution in [0.25, 0.3) is 0 Å². The van der Waals surface area contributed by atoms with Crippen molar-refractivity contribution in [3.05, 3.63) is 0 Å². The Kier molecular flexibility index (Phi) is 9.00. The molecule has 2 aliphatic rings. The highest BCUT2D eigenvalue weighted by Crippen LogP contribution is 2.38. The van der Waals surface area contributed by atoms with Crippen molar-refractivity contribution in [1.82, 2.24) is 19.6 Å². The molecule has 2 atom stereocenters. The number of imide groups is 4. The molecule has 2 fully saturated rings. The van der Waals surface area contributed by atoms with Crippen LogP contribution in [0.5, 0.6) is 0 Å². The van der Waals surface area contributed by atoms with E-state index in [9.17, 15) is 39.0 Å². The van der Waals surface area contributed by atoms with E-state index in [4.69, 9.17) is 0 Å². The molecule has 36 heavy (non-hydrogen) atoms. The third-order valence-electron chi connectivity index (χ3n) is 7.51. The lowest BCUT2D eigenvalue weighted by Gasteiger charge is -2.45. The van der Waals surface area contributed by atoms with Crippen LogP contribution in [-0.2, 0) is 19.2 Å². The Morgan fingerprint density at radius 1 is 0.583 bits per heavy atom. The molecule has 0 radical (unpaired) electrons. The van der Waals surface area contributed by atoms with Crippen LogP contribution >= 0.6 is 0 Å². The Balaban J connectivity index is 2.37. The van der Waals surface area contributed by atoms with Gasteiger partial charge in [0.15, 0.2) is 0 Å². The summed E-state index contributed by atoms with van der Waals surface area (Å²) in [5, 5.41) is 20.7. The fourth-order valence-corrected chi connectivity index (χ4v) is 5.07. The van der Waals surface area contributed by atoms with Crippen molar-refractivity contribution in [1.29, 1.82) is 0 Å². The highest BCUT2D eigenvalue weighted by atomic mass is 16.3. The molecule has 0 bridgehead atoms. The molecule has 2 rings (SSSR count). The number of barbiturate groups is 2. The lowest BCUT2D eigenvalue weighted by atomic mass is 9.77. The highest BCUT2D eigenvalue weighted by Gasteiger charge is 2.57. The van der Waals surface area contributed by atoms with E-state index in [0.717, 1.165) is 19.6 Å². The number of nitrogens with zero attached hydrogens (tertiary/aromatic N) is 4. The fraction of sp³-hybridized carbons (Fsp3) is 0.750. The molecule has 0 saturated carbocycles. The smallest absolute Gasteiger partial charge is 0.333 e. The van der Waals surface area contributed by atoms with Gasteiger partial charge in [-0.3, -0.25) is 38.8 Å². The summed E-state index contributed by atoms with van der Waals surface area (Å²) in [6.07, 6.45) is -2.05. The first-order valence-electron chi connectivity index (χ1n) is 12.5. The van der Waals surface area contributed by atoms with Crippen molar-refractivity contribution in [2.45, 2.75) is 79.4 Å². The van der Waals surface area contributed by atoms with Gasteiger partial charge >= 0.3 is 12.1 Å². The van der Waals surface area contributed by atoms with Gasteiger partial charge in [0.05, 0.1) is 31.8 Å². The summed E-state index contributed by atoms with van der Waals surface area (Å²) in [5.74, 6) is -2.80. The molecule has 0 aromatic heterocycles. The van der Waals surface area contributed by atoms with Gasteiger partial charge in [0, 0.05) is 6.54 Å². The normalized spacial score (nSPS) is 22.0. The molecule has 0 aliphatic carbocycles. The summed E-state index contributed by atoms with van der Waals surface area (Å²) in [4.78, 5) is 82.0. The molecule has 0 spiro atoms. The molecule has 2 unspecified atom stereocenters. The summed E-state index contributed by atoms with van der Waals surface area (Å²) in [6, 6.07) is -1.86. The summed E-state index contributed by atoms with van der Waals surface area (Å²) >= 11 is 0. The van der Waals surface area contributed by atoms with Crippen molar-refractivity contribution in [2.24, 2.45) is 10.8 Å². The predicted octanol–water partition coefficient (Wildman–Crippen LogP) is 0.942. The van der Waals surface area contributed by atoms with Gasteiger partial charge in [0.25, 0.3) is 0 Å². The van der Waals surface area contributed by atoms with Gasteiger partial charge in [-0.2, -0.15) is 0 Å². The second-order valence-corrected chi connectivity index (χ2v) is 9.44. The number of hydrogen-bond acceptors (Lipinski definition) is 8. The Bertz CT molecular complexity index is 925. The molecule has 202 valence electrons. The van der Waals surface area contributed by atoms with Gasteiger partial charge in [0.2, 0.25) is 23.6 Å². The average Bonchev–Trinajstić information content (AvgIpc) is 2.84. The number of rotatable bonds is 11. The molecule has 2 N–H and O–H groups in total. The van der Waals surface area contributed by atoms with Crippen LogP contribution in [0.1, 0.15) is 67.2 Å². The van der Waals surface area contributed by atoms with E-state index >= 15 is 0 Å². The first kappa shape index (κ1) is 29.4. The van der Waals surface area contributed by atoms with Crippen molar-refractivity contribution in [2.75, 3.05) is 26.2 Å². The minimum atomic E-state index is -1.54. The first-order valence-corrected chi connectivity index (χ1v) is 12.5. The van der Waals surface area contributed by atoms with E-state index in [1.807, 2.05) is 0 Å². The zero-order valence-electron chi connectivity index (χ0n) is 21.9. The molecule has 12 nitrogen and oxygen atoms in total. The Hall–Kier alpha value is -2.86. The number of aliphatic hydroxyl groups is 2. The summed E-state index contributed by atoms with van der Waals surface area (Å²) in [6.45, 7) is 8.21. The summed E-state index contributed by atoms with van der Waals surface area (Å²) in [5.41, 5.74) is -2.98. The number of carbonyl (C=O) groups excluding carboxylic acids is 6. The average molecular weight is 511 g/mol. The quantitative estimate of drug-likeness (QED) is 0.389. The van der Waals surface area contributed by atoms with Crippen LogP contribution in [-0.4, -0.2) is 104 Å². The van der Waals surface area contributed by atoms with E-state index in [1.165, 1.54) is 6.92 Å². The van der Waals surface area contributed by atoms with E-state index in [1.54, 1.807) is 34.6 Å². The second kappa shape index (κ2) is 11.0. The maximum Gasteiger partial charge on any atom is 0.333 e. The van der Waals surface area contributed by atoms with Crippen LogP contribution in [0.15, 0.2) is 0 Å². The van der Waals surface area contributed by atoms with Gasteiger partial charge in [-0.05, 0) is 39.5 Å². The van der Waals surface area contributed by atoms with Crippen LogP contribution in [0.4, 0.5) is 9.59 Å². The van der Waals surface area contributed by atoms with Crippen LogP contribution < -0.4 is 0 Å². The molecule has 2 aliphatic heterocycles. The standard InChI is InChI=1S/C24H38N4O8/c1-7-23(8-2)17(31)25(11-5)21(35)27(19(23)33)13-16(30)14-28-20(34)24(9-3,10-4)18(32)26(22(28)36)12-15(6)29/h15-16,29-30H,7-14H2,1-6H3. The van der Waals surface area contributed by atoms with Gasteiger partial charge in [-0.1, -0.05) is 27.7 Å². The van der Waals surface area contributed by atoms with Gasteiger partial charge in [0.1, 0.15) is 10.8 Å². The number of amides is 8. The minimum Gasteiger partial charge on any atom is -0.392 e. The van der Waals surface area contributed by atoms with Gasteiger partial charge in [-0.25, -0.2) is 9.59 Å². The zero-order valence-corrected chi connectivity index (χ0v) is 21.9. The number of β-amino-alcohol motifs (C(OH)–C–C–N with tert-alkyl or cyclic N) is 2. The molecule has 0 aromatic rings. The molecular formula is C24H38N4O8. The van der Waals surface area contributed by atoms with Crippen molar-refractivity contribution in [3.63, 3.8) is 0 Å². The van der Waals surface area contributed by atoms with E-state index in [2.05, 4.69) is 0 Å². The Labute approximate surface area is 211 Å². The van der Waals surface area contributed by atoms with Crippen LogP contribution in [0.2, 0.25) is 0 Å². The molecule has 12 heteroatoms. The SMILES string of the molecule is CCN1C(=O)N(CC(O)CN2C(=O)N(CC(C)O)C(=O)C(CC)(CC)C2=O)C(=O)C(CC)(CC)C1=O. The zero-order chi connectivity index (χ0) is 27.6. The van der Waals surface area contributed by atoms with Crippen LogP contribution in [0, 0.1) is 10.8 Å². The van der Waals surface area contributed by atoms with Gasteiger partial charge in [-0.15, -0.1) is 0 Å². The third kappa shape index (κ3) is 4.52. The monoisotopic (exact) mass is 510 g/mol. The van der Waals surface area contributed by atoms with E-state index in [-0.39, 0.29) is 38.8 Å². The van der Waals surface area contributed by atoms with Crippen molar-refractivity contribution in [3.8, 4) is 0 Å². The third-order valence-corrected chi connectivity index (χ3v) is 7.51.